The van der Waals surface area contributed by atoms with Crippen molar-refractivity contribution in [2.45, 2.75) is 19.8 Å². The monoisotopic (exact) mass is 308 g/mol. The second-order valence-electron chi connectivity index (χ2n) is 4.78. The van der Waals surface area contributed by atoms with Gasteiger partial charge in [0.05, 0.1) is 19.5 Å². The number of likely N-dealkylation sites (tertiary alicyclic amines) is 1. The molecule has 0 atom stereocenters. The number of hydrogen-bond donors (Lipinski definition) is 0. The Morgan fingerprint density at radius 1 is 1.62 bits per heavy atom. The third-order valence-electron chi connectivity index (χ3n) is 2.86. The maximum Gasteiger partial charge on any atom is 0.350 e. The first kappa shape index (κ1) is 17.1. The lowest BCUT2D eigenvalue weighted by Crippen LogP contribution is -2.26. The summed E-state index contributed by atoms with van der Waals surface area (Å²) in [6.45, 7) is 3.16. The van der Waals surface area contributed by atoms with Gasteiger partial charge in [0.25, 0.3) is 0 Å². The van der Waals surface area contributed by atoms with Crippen LogP contribution in [0.25, 0.3) is 0 Å². The van der Waals surface area contributed by atoms with Gasteiger partial charge in [0.2, 0.25) is 0 Å². The van der Waals surface area contributed by atoms with Gasteiger partial charge in [-0.3, -0.25) is 0 Å². The van der Waals surface area contributed by atoms with E-state index in [4.69, 9.17) is 17.0 Å². The molecule has 6 nitrogen and oxygen atoms in total. The number of thiocarbonyl (C=S) groups is 1. The molecule has 1 heterocycles. The van der Waals surface area contributed by atoms with Gasteiger partial charge in [0.1, 0.15) is 11.1 Å². The molecule has 1 aliphatic rings. The van der Waals surface area contributed by atoms with Gasteiger partial charge < -0.3 is 14.5 Å². The molecule has 0 N–H and O–H groups in total. The smallest absolute Gasteiger partial charge is 0.350 e. The molecule has 1 fully saturated rings. The number of ether oxygens (including phenoxy) is 1. The van der Waals surface area contributed by atoms with Gasteiger partial charge in [-0.2, -0.15) is 5.26 Å². The number of esters is 1. The fourth-order valence-electron chi connectivity index (χ4n) is 2.00. The van der Waals surface area contributed by atoms with Crippen LogP contribution in [0.1, 0.15) is 19.8 Å². The zero-order valence-corrected chi connectivity index (χ0v) is 13.4. The van der Waals surface area contributed by atoms with Crippen molar-refractivity contribution >= 4 is 29.5 Å². The molecule has 0 aromatic carbocycles. The number of rotatable bonds is 5. The molecule has 0 radical (unpaired) electrons. The summed E-state index contributed by atoms with van der Waals surface area (Å²) in [5.41, 5.74) is 0.784. The topological polar surface area (TPSA) is 68.9 Å². The van der Waals surface area contributed by atoms with Crippen LogP contribution in [0.3, 0.4) is 0 Å². The Balaban J connectivity index is 2.85. The molecule has 0 bridgehead atoms. The van der Waals surface area contributed by atoms with E-state index in [2.05, 4.69) is 4.99 Å². The van der Waals surface area contributed by atoms with Gasteiger partial charge in [-0.1, -0.05) is 12.2 Å². The van der Waals surface area contributed by atoms with Crippen molar-refractivity contribution < 1.29 is 9.53 Å². The zero-order valence-electron chi connectivity index (χ0n) is 12.6. The maximum absolute atomic E-state index is 11.8. The fourth-order valence-corrected chi connectivity index (χ4v) is 2.21. The van der Waals surface area contributed by atoms with Gasteiger partial charge in [-0.25, -0.2) is 9.79 Å². The van der Waals surface area contributed by atoms with Crippen LogP contribution in [0.4, 0.5) is 0 Å². The summed E-state index contributed by atoms with van der Waals surface area (Å²) in [6, 6.07) is 1.96. The minimum absolute atomic E-state index is 0.0775. The highest BCUT2D eigenvalue weighted by atomic mass is 32.1. The Hall–Kier alpha value is -1.94. The lowest BCUT2D eigenvalue weighted by Gasteiger charge is -2.20. The average molecular weight is 308 g/mol. The van der Waals surface area contributed by atoms with Crippen molar-refractivity contribution in [3.05, 3.63) is 11.3 Å². The van der Waals surface area contributed by atoms with E-state index in [-0.39, 0.29) is 12.2 Å². The van der Waals surface area contributed by atoms with Gasteiger partial charge in [0, 0.05) is 26.3 Å². The first-order chi connectivity index (χ1) is 9.99. The predicted octanol–water partition coefficient (Wildman–Crippen LogP) is 1.34. The van der Waals surface area contributed by atoms with Crippen LogP contribution in [0.5, 0.6) is 0 Å². The molecule has 0 spiro atoms. The molecular weight excluding hydrogens is 288 g/mol. The number of carbonyl (C=O) groups is 1. The van der Waals surface area contributed by atoms with E-state index < -0.39 is 5.97 Å². The molecule has 1 aliphatic heterocycles. The highest BCUT2D eigenvalue weighted by Crippen LogP contribution is 2.24. The quantitative estimate of drug-likeness (QED) is 0.191. The number of allylic oxidation sites excluding steroid dienone is 1. The largest absolute Gasteiger partial charge is 0.462 e. The Labute approximate surface area is 130 Å². The molecule has 0 aliphatic carbocycles. The number of aliphatic imine (C=N–C) groups is 1. The Kier molecular flexibility index (Phi) is 6.82. The fraction of sp³-hybridized carbons (Fsp3) is 0.571. The Bertz CT molecular complexity index is 506. The van der Waals surface area contributed by atoms with Gasteiger partial charge in [0.15, 0.2) is 5.57 Å². The maximum atomic E-state index is 11.8. The lowest BCUT2D eigenvalue weighted by atomic mass is 10.2. The number of hydrogen-bond acceptors (Lipinski definition) is 5. The summed E-state index contributed by atoms with van der Waals surface area (Å²) in [4.78, 5) is 20.2. The van der Waals surface area contributed by atoms with Crippen molar-refractivity contribution in [2.24, 2.45) is 4.99 Å². The molecular formula is C14H20N4O2S. The zero-order chi connectivity index (χ0) is 15.8. The summed E-state index contributed by atoms with van der Waals surface area (Å²) in [6.07, 6.45) is 3.21. The standard InChI is InChI=1S/C14H20N4O2S/c1-4-20-14(19)11(8-15)12-6-5-7-18(12)9-13(21)16-10-17(2)3/h10H,4-7,9H2,1-3H3/b12-11+,16-10?. The molecule has 21 heavy (non-hydrogen) atoms. The molecule has 1 saturated heterocycles. The summed E-state index contributed by atoms with van der Waals surface area (Å²) >= 11 is 5.21. The van der Waals surface area contributed by atoms with Crippen LogP contribution >= 0.6 is 12.2 Å². The lowest BCUT2D eigenvalue weighted by molar-refractivity contribution is -0.138. The molecule has 7 heteroatoms. The average Bonchev–Trinajstić information content (AvgIpc) is 2.86. The molecule has 0 aromatic heterocycles. The second-order valence-corrected chi connectivity index (χ2v) is 5.25. The summed E-state index contributed by atoms with van der Waals surface area (Å²) in [7, 11) is 3.73. The van der Waals surface area contributed by atoms with Crippen LogP contribution < -0.4 is 0 Å². The normalized spacial score (nSPS) is 16.8. The Morgan fingerprint density at radius 2 is 2.33 bits per heavy atom. The van der Waals surface area contributed by atoms with E-state index in [9.17, 15) is 10.1 Å². The van der Waals surface area contributed by atoms with E-state index in [0.717, 1.165) is 13.0 Å². The first-order valence-electron chi connectivity index (χ1n) is 6.78. The van der Waals surface area contributed by atoms with Crippen molar-refractivity contribution in [1.29, 1.82) is 5.26 Å². The van der Waals surface area contributed by atoms with Gasteiger partial charge in [-0.15, -0.1) is 0 Å². The van der Waals surface area contributed by atoms with Crippen molar-refractivity contribution in [3.8, 4) is 6.07 Å². The van der Waals surface area contributed by atoms with Gasteiger partial charge in [-0.05, 0) is 19.8 Å². The van der Waals surface area contributed by atoms with E-state index in [0.29, 0.717) is 23.7 Å². The number of nitrogens with zero attached hydrogens (tertiary/aromatic N) is 4. The summed E-state index contributed by atoms with van der Waals surface area (Å²) < 4.78 is 4.92. The van der Waals surface area contributed by atoms with E-state index in [1.54, 1.807) is 18.2 Å². The molecule has 0 saturated carbocycles. The predicted molar refractivity (Wildman–Crippen MR) is 84.9 cm³/mol. The van der Waals surface area contributed by atoms with Crippen molar-refractivity contribution in [3.63, 3.8) is 0 Å². The van der Waals surface area contributed by atoms with Crippen LogP contribution in [0, 0.1) is 11.3 Å². The van der Waals surface area contributed by atoms with Gasteiger partial charge >= 0.3 is 5.97 Å². The highest BCUT2D eigenvalue weighted by Gasteiger charge is 2.26. The van der Waals surface area contributed by atoms with Crippen molar-refractivity contribution in [2.75, 3.05) is 33.8 Å². The first-order valence-corrected chi connectivity index (χ1v) is 7.19. The number of nitriles is 1. The molecule has 0 unspecified atom stereocenters. The van der Waals surface area contributed by atoms with E-state index in [1.807, 2.05) is 25.1 Å². The van der Waals surface area contributed by atoms with Crippen LogP contribution in [0.2, 0.25) is 0 Å². The van der Waals surface area contributed by atoms with Crippen LogP contribution in [0.15, 0.2) is 16.3 Å². The second kappa shape index (κ2) is 8.37. The number of carbonyl (C=O) groups excluding carboxylic acids is 1. The molecule has 114 valence electrons. The van der Waals surface area contributed by atoms with E-state index >= 15 is 0 Å². The summed E-state index contributed by atoms with van der Waals surface area (Å²) in [5.74, 6) is -0.565. The molecule has 0 amide bonds. The summed E-state index contributed by atoms with van der Waals surface area (Å²) in [5, 5.41) is 9.21. The minimum Gasteiger partial charge on any atom is -0.462 e. The molecule has 1 rings (SSSR count). The van der Waals surface area contributed by atoms with Crippen LogP contribution in [-0.4, -0.2) is 60.9 Å². The Morgan fingerprint density at radius 3 is 2.90 bits per heavy atom. The minimum atomic E-state index is -0.565. The van der Waals surface area contributed by atoms with E-state index in [1.165, 1.54) is 0 Å². The molecule has 0 aromatic rings. The highest BCUT2D eigenvalue weighted by molar-refractivity contribution is 7.80. The van der Waals surface area contributed by atoms with Crippen LogP contribution in [-0.2, 0) is 9.53 Å². The SMILES string of the molecule is CCOC(=O)/C(C#N)=C1\CCCN1CC(=S)N=CN(C)C. The van der Waals surface area contributed by atoms with Crippen molar-refractivity contribution in [1.82, 2.24) is 9.80 Å². The third kappa shape index (κ3) is 5.16. The third-order valence-corrected chi connectivity index (χ3v) is 3.10.